The van der Waals surface area contributed by atoms with E-state index in [1.54, 1.807) is 0 Å². The summed E-state index contributed by atoms with van der Waals surface area (Å²) in [6.45, 7) is 3.42. The molecule has 0 bridgehead atoms. The maximum atomic E-state index is 11.8. The zero-order valence-corrected chi connectivity index (χ0v) is 12.1. The number of hydrogen-bond acceptors (Lipinski definition) is 3. The van der Waals surface area contributed by atoms with Gasteiger partial charge in [-0.25, -0.2) is 0 Å². The Morgan fingerprint density at radius 1 is 1.43 bits per heavy atom. The van der Waals surface area contributed by atoms with Crippen molar-refractivity contribution in [2.24, 2.45) is 0 Å². The first-order chi connectivity index (χ1) is 10.2. The molecule has 2 aromatic rings. The highest BCUT2D eigenvalue weighted by atomic mass is 16.5. The lowest BCUT2D eigenvalue weighted by molar-refractivity contribution is -0.121. The summed E-state index contributed by atoms with van der Waals surface area (Å²) in [5.41, 5.74) is 0.995. The molecule has 5 nitrogen and oxygen atoms in total. The zero-order chi connectivity index (χ0) is 15.1. The third-order valence-electron chi connectivity index (χ3n) is 3.09. The lowest BCUT2D eigenvalue weighted by Crippen LogP contribution is -2.27. The Morgan fingerprint density at radius 2 is 2.29 bits per heavy atom. The summed E-state index contributed by atoms with van der Waals surface area (Å²) < 4.78 is 7.49. The fraction of sp³-hybridized carbons (Fsp3) is 0.375. The van der Waals surface area contributed by atoms with Gasteiger partial charge in [-0.1, -0.05) is 6.92 Å². The number of aromatic nitrogens is 1. The molecule has 1 aromatic carbocycles. The molecule has 0 aliphatic carbocycles. The Bertz CT molecular complexity index is 655. The van der Waals surface area contributed by atoms with Crippen LogP contribution in [-0.2, 0) is 11.3 Å². The maximum absolute atomic E-state index is 11.8. The summed E-state index contributed by atoms with van der Waals surface area (Å²) in [6, 6.07) is 9.83. The fourth-order valence-electron chi connectivity index (χ4n) is 2.09. The van der Waals surface area contributed by atoms with E-state index in [0.717, 1.165) is 23.1 Å². The Morgan fingerprint density at radius 3 is 3.05 bits per heavy atom. The van der Waals surface area contributed by atoms with Crippen molar-refractivity contribution in [3.8, 4) is 11.8 Å². The predicted molar refractivity (Wildman–Crippen MR) is 81.0 cm³/mol. The number of nitrogens with zero attached hydrogens (tertiary/aromatic N) is 2. The number of ether oxygens (including phenoxy) is 1. The summed E-state index contributed by atoms with van der Waals surface area (Å²) in [7, 11) is 0. The van der Waals surface area contributed by atoms with Crippen molar-refractivity contribution in [1.29, 1.82) is 5.26 Å². The molecule has 110 valence electrons. The second-order valence-corrected chi connectivity index (χ2v) is 4.77. The second kappa shape index (κ2) is 7.34. The number of benzene rings is 1. The normalized spacial score (nSPS) is 10.3. The average molecular weight is 285 g/mol. The standard InChI is InChI=1S/C16H19N3O2/c1-2-10-21-14-4-5-15-13(11-14)6-9-19(15)12-16(20)18-8-3-7-17/h4-6,9,11H,2-3,8,10,12H2,1H3,(H,18,20). The molecule has 1 amide bonds. The molecule has 0 aliphatic rings. The van der Waals surface area contributed by atoms with Crippen molar-refractivity contribution >= 4 is 16.8 Å². The predicted octanol–water partition coefficient (Wildman–Crippen LogP) is 2.46. The number of carbonyl (C=O) groups excluding carboxylic acids is 1. The van der Waals surface area contributed by atoms with Crippen molar-refractivity contribution in [2.75, 3.05) is 13.2 Å². The number of fused-ring (bicyclic) bond motifs is 1. The van der Waals surface area contributed by atoms with Crippen LogP contribution in [0.4, 0.5) is 0 Å². The monoisotopic (exact) mass is 285 g/mol. The van der Waals surface area contributed by atoms with Crippen LogP contribution in [-0.4, -0.2) is 23.6 Å². The summed E-state index contributed by atoms with van der Waals surface area (Å²) in [5.74, 6) is 0.759. The van der Waals surface area contributed by atoms with E-state index in [4.69, 9.17) is 10.00 Å². The number of hydrogen-bond donors (Lipinski definition) is 1. The van der Waals surface area contributed by atoms with Gasteiger partial charge in [0.15, 0.2) is 0 Å². The van der Waals surface area contributed by atoms with E-state index >= 15 is 0 Å². The average Bonchev–Trinajstić information content (AvgIpc) is 2.88. The van der Waals surface area contributed by atoms with E-state index in [1.165, 1.54) is 0 Å². The molecule has 0 aliphatic heterocycles. The summed E-state index contributed by atoms with van der Waals surface area (Å²) >= 11 is 0. The van der Waals surface area contributed by atoms with Gasteiger partial charge in [-0.2, -0.15) is 5.26 Å². The van der Waals surface area contributed by atoms with Gasteiger partial charge in [0, 0.05) is 23.6 Å². The number of nitrogens with one attached hydrogen (secondary N) is 1. The van der Waals surface area contributed by atoms with Gasteiger partial charge in [-0.15, -0.1) is 0 Å². The van der Waals surface area contributed by atoms with Crippen molar-refractivity contribution in [2.45, 2.75) is 26.3 Å². The molecule has 0 atom stereocenters. The summed E-state index contributed by atoms with van der Waals surface area (Å²) in [6.07, 6.45) is 3.19. The van der Waals surface area contributed by atoms with Crippen molar-refractivity contribution in [1.82, 2.24) is 9.88 Å². The minimum absolute atomic E-state index is 0.0888. The first-order valence-electron chi connectivity index (χ1n) is 7.10. The first kappa shape index (κ1) is 14.9. The van der Waals surface area contributed by atoms with E-state index in [0.29, 0.717) is 19.6 Å². The number of nitriles is 1. The van der Waals surface area contributed by atoms with Gasteiger partial charge < -0.3 is 14.6 Å². The van der Waals surface area contributed by atoms with Crippen LogP contribution in [0.25, 0.3) is 10.9 Å². The van der Waals surface area contributed by atoms with Crippen LogP contribution >= 0.6 is 0 Å². The van der Waals surface area contributed by atoms with Crippen LogP contribution in [0, 0.1) is 11.3 Å². The molecule has 2 rings (SSSR count). The molecule has 0 fully saturated rings. The number of amides is 1. The van der Waals surface area contributed by atoms with Crippen LogP contribution in [0.2, 0.25) is 0 Å². The highest BCUT2D eigenvalue weighted by Crippen LogP contribution is 2.22. The van der Waals surface area contributed by atoms with Gasteiger partial charge in [0.25, 0.3) is 0 Å². The van der Waals surface area contributed by atoms with E-state index in [9.17, 15) is 4.79 Å². The van der Waals surface area contributed by atoms with Gasteiger partial charge in [-0.05, 0) is 30.7 Å². The molecule has 0 unspecified atom stereocenters. The van der Waals surface area contributed by atoms with E-state index in [-0.39, 0.29) is 12.5 Å². The quantitative estimate of drug-likeness (QED) is 0.795. The van der Waals surface area contributed by atoms with Gasteiger partial charge in [0.2, 0.25) is 5.91 Å². The van der Waals surface area contributed by atoms with E-state index in [2.05, 4.69) is 12.2 Å². The van der Waals surface area contributed by atoms with Crippen LogP contribution in [0.5, 0.6) is 5.75 Å². The lowest BCUT2D eigenvalue weighted by atomic mass is 10.2. The van der Waals surface area contributed by atoms with Crippen molar-refractivity contribution in [3.05, 3.63) is 30.5 Å². The molecular formula is C16H19N3O2. The van der Waals surface area contributed by atoms with Crippen LogP contribution < -0.4 is 10.1 Å². The molecule has 5 heteroatoms. The highest BCUT2D eigenvalue weighted by Gasteiger charge is 2.06. The zero-order valence-electron chi connectivity index (χ0n) is 12.1. The number of rotatable bonds is 7. The van der Waals surface area contributed by atoms with Crippen molar-refractivity contribution in [3.63, 3.8) is 0 Å². The minimum Gasteiger partial charge on any atom is -0.494 e. The van der Waals surface area contributed by atoms with Crippen LogP contribution in [0.1, 0.15) is 19.8 Å². The Hall–Kier alpha value is -2.48. The molecule has 1 aromatic heterocycles. The Labute approximate surface area is 124 Å². The second-order valence-electron chi connectivity index (χ2n) is 4.77. The van der Waals surface area contributed by atoms with Gasteiger partial charge >= 0.3 is 0 Å². The highest BCUT2D eigenvalue weighted by molar-refractivity contribution is 5.84. The SMILES string of the molecule is CCCOc1ccc2c(ccn2CC(=O)NCCC#N)c1. The van der Waals surface area contributed by atoms with Crippen LogP contribution in [0.3, 0.4) is 0 Å². The third-order valence-corrected chi connectivity index (χ3v) is 3.09. The third kappa shape index (κ3) is 3.99. The molecule has 0 radical (unpaired) electrons. The van der Waals surface area contributed by atoms with Crippen molar-refractivity contribution < 1.29 is 9.53 Å². The molecule has 1 N–H and O–H groups in total. The van der Waals surface area contributed by atoms with E-state index in [1.807, 2.05) is 41.1 Å². The molecular weight excluding hydrogens is 266 g/mol. The molecule has 0 spiro atoms. The maximum Gasteiger partial charge on any atom is 0.239 e. The minimum atomic E-state index is -0.0888. The topological polar surface area (TPSA) is 67.0 Å². The summed E-state index contributed by atoms with van der Waals surface area (Å²) in [4.78, 5) is 11.8. The Balaban J connectivity index is 2.04. The molecule has 21 heavy (non-hydrogen) atoms. The molecule has 0 saturated carbocycles. The first-order valence-corrected chi connectivity index (χ1v) is 7.10. The lowest BCUT2D eigenvalue weighted by Gasteiger charge is -2.07. The smallest absolute Gasteiger partial charge is 0.239 e. The van der Waals surface area contributed by atoms with Gasteiger partial charge in [-0.3, -0.25) is 4.79 Å². The molecule has 0 saturated heterocycles. The van der Waals surface area contributed by atoms with E-state index < -0.39 is 0 Å². The Kier molecular flexibility index (Phi) is 5.22. The fourth-order valence-corrected chi connectivity index (χ4v) is 2.09. The largest absolute Gasteiger partial charge is 0.494 e. The molecule has 1 heterocycles. The van der Waals surface area contributed by atoms with Crippen LogP contribution in [0.15, 0.2) is 30.5 Å². The summed E-state index contributed by atoms with van der Waals surface area (Å²) in [5, 5.41) is 12.2. The number of carbonyl (C=O) groups is 1. The van der Waals surface area contributed by atoms with Gasteiger partial charge in [0.05, 0.1) is 19.1 Å². The van der Waals surface area contributed by atoms with Gasteiger partial charge in [0.1, 0.15) is 12.3 Å².